The van der Waals surface area contributed by atoms with Gasteiger partial charge in [0, 0.05) is 22.8 Å². The van der Waals surface area contributed by atoms with Gasteiger partial charge in [-0.2, -0.15) is 0 Å². The van der Waals surface area contributed by atoms with Crippen molar-refractivity contribution in [1.82, 2.24) is 4.98 Å². The molecule has 2 aromatic carbocycles. The lowest BCUT2D eigenvalue weighted by Gasteiger charge is -2.12. The fourth-order valence-electron chi connectivity index (χ4n) is 3.07. The zero-order chi connectivity index (χ0) is 21.5. The lowest BCUT2D eigenvalue weighted by atomic mass is 9.99. The predicted octanol–water partition coefficient (Wildman–Crippen LogP) is 3.42. The number of esters is 2. The smallest absolute Gasteiger partial charge is 0.411 e. The van der Waals surface area contributed by atoms with Crippen LogP contribution in [-0.4, -0.2) is 37.2 Å². The molecular formula is C22H22N2O6. The van der Waals surface area contributed by atoms with E-state index in [1.54, 1.807) is 24.4 Å². The second kappa shape index (κ2) is 9.60. The van der Waals surface area contributed by atoms with E-state index in [2.05, 4.69) is 10.3 Å². The Balaban J connectivity index is 1.73. The highest BCUT2D eigenvalue weighted by molar-refractivity contribution is 5.96. The van der Waals surface area contributed by atoms with Gasteiger partial charge in [-0.05, 0) is 35.7 Å². The van der Waals surface area contributed by atoms with Crippen molar-refractivity contribution in [3.8, 4) is 0 Å². The van der Waals surface area contributed by atoms with E-state index in [0.29, 0.717) is 11.3 Å². The second-order valence-electron chi connectivity index (χ2n) is 6.56. The van der Waals surface area contributed by atoms with Crippen LogP contribution < -0.4 is 5.32 Å². The van der Waals surface area contributed by atoms with Crippen molar-refractivity contribution in [2.45, 2.75) is 13.0 Å². The molecule has 0 spiro atoms. The summed E-state index contributed by atoms with van der Waals surface area (Å²) < 4.78 is 14.7. The Hall–Kier alpha value is -3.81. The molecule has 30 heavy (non-hydrogen) atoms. The normalized spacial score (nSPS) is 10.6. The van der Waals surface area contributed by atoms with Crippen molar-refractivity contribution in [2.24, 2.45) is 5.92 Å². The van der Waals surface area contributed by atoms with Gasteiger partial charge in [-0.3, -0.25) is 14.9 Å². The van der Waals surface area contributed by atoms with Crippen LogP contribution in [0.25, 0.3) is 10.9 Å². The third kappa shape index (κ3) is 4.96. The van der Waals surface area contributed by atoms with Gasteiger partial charge in [0.15, 0.2) is 5.92 Å². The summed E-state index contributed by atoms with van der Waals surface area (Å²) in [6, 6.07) is 14.6. The van der Waals surface area contributed by atoms with Crippen LogP contribution in [0.1, 0.15) is 11.1 Å². The topological polar surface area (TPSA) is 107 Å². The van der Waals surface area contributed by atoms with E-state index in [0.717, 1.165) is 16.5 Å². The van der Waals surface area contributed by atoms with Gasteiger partial charge < -0.3 is 19.2 Å². The third-order valence-corrected chi connectivity index (χ3v) is 4.62. The van der Waals surface area contributed by atoms with Crippen molar-refractivity contribution in [3.63, 3.8) is 0 Å². The summed E-state index contributed by atoms with van der Waals surface area (Å²) in [5.74, 6) is -2.42. The number of methoxy groups -OCH3 is 2. The van der Waals surface area contributed by atoms with Gasteiger partial charge in [-0.15, -0.1) is 0 Å². The van der Waals surface area contributed by atoms with E-state index in [4.69, 9.17) is 14.2 Å². The number of hydrogen-bond acceptors (Lipinski definition) is 6. The Morgan fingerprint density at radius 2 is 1.70 bits per heavy atom. The minimum absolute atomic E-state index is 0.0985. The average molecular weight is 410 g/mol. The number of nitrogens with one attached hydrogen (secondary N) is 2. The van der Waals surface area contributed by atoms with Crippen LogP contribution in [-0.2, 0) is 36.8 Å². The zero-order valence-electron chi connectivity index (χ0n) is 16.6. The molecular weight excluding hydrogens is 388 g/mol. The quantitative estimate of drug-likeness (QED) is 0.351. The van der Waals surface area contributed by atoms with E-state index >= 15 is 0 Å². The van der Waals surface area contributed by atoms with Crippen molar-refractivity contribution < 1.29 is 28.6 Å². The first kappa shape index (κ1) is 20.9. The monoisotopic (exact) mass is 410 g/mol. The van der Waals surface area contributed by atoms with Crippen LogP contribution in [0, 0.1) is 5.92 Å². The average Bonchev–Trinajstić information content (AvgIpc) is 3.17. The molecule has 0 fully saturated rings. The molecule has 0 aliphatic heterocycles. The number of carbonyl (C=O) groups excluding carboxylic acids is 3. The Kier molecular flexibility index (Phi) is 6.69. The Labute approximate surface area is 173 Å². The first-order valence-electron chi connectivity index (χ1n) is 9.25. The van der Waals surface area contributed by atoms with Crippen LogP contribution in [0.3, 0.4) is 0 Å². The van der Waals surface area contributed by atoms with Gasteiger partial charge in [-0.25, -0.2) is 4.79 Å². The fourth-order valence-corrected chi connectivity index (χ4v) is 3.07. The van der Waals surface area contributed by atoms with Crippen molar-refractivity contribution >= 4 is 34.6 Å². The van der Waals surface area contributed by atoms with Crippen LogP contribution in [0.4, 0.5) is 10.5 Å². The van der Waals surface area contributed by atoms with Gasteiger partial charge >= 0.3 is 18.0 Å². The molecule has 0 saturated carbocycles. The van der Waals surface area contributed by atoms with Gasteiger partial charge in [0.1, 0.15) is 6.61 Å². The number of hydrogen-bond donors (Lipinski definition) is 2. The van der Waals surface area contributed by atoms with Crippen LogP contribution in [0.2, 0.25) is 0 Å². The molecule has 1 aromatic heterocycles. The molecule has 0 saturated heterocycles. The summed E-state index contributed by atoms with van der Waals surface area (Å²) in [6.07, 6.45) is 1.22. The SMILES string of the molecule is COC(=O)C(Cc1c[nH]c2ccc(NC(=O)OCc3ccccc3)cc12)C(=O)OC. The summed E-state index contributed by atoms with van der Waals surface area (Å²) in [4.78, 5) is 39.1. The standard InChI is InChI=1S/C22H22N2O6/c1-28-20(25)18(21(26)29-2)10-15-12-23-19-9-8-16(11-17(15)19)24-22(27)30-13-14-6-4-3-5-7-14/h3-9,11-12,18,23H,10,13H2,1-2H3,(H,24,27). The van der Waals surface area contributed by atoms with E-state index in [1.807, 2.05) is 30.3 Å². The van der Waals surface area contributed by atoms with E-state index < -0.39 is 23.9 Å². The summed E-state index contributed by atoms with van der Waals surface area (Å²) in [5, 5.41) is 3.44. The number of benzene rings is 2. The Bertz CT molecular complexity index is 1030. The maximum Gasteiger partial charge on any atom is 0.411 e. The molecule has 0 atom stereocenters. The van der Waals surface area contributed by atoms with Crippen molar-refractivity contribution in [2.75, 3.05) is 19.5 Å². The molecule has 8 heteroatoms. The number of fused-ring (bicyclic) bond motifs is 1. The lowest BCUT2D eigenvalue weighted by molar-refractivity contribution is -0.158. The van der Waals surface area contributed by atoms with Crippen LogP contribution >= 0.6 is 0 Å². The molecule has 0 aliphatic rings. The third-order valence-electron chi connectivity index (χ3n) is 4.62. The Morgan fingerprint density at radius 1 is 1.00 bits per heavy atom. The minimum Gasteiger partial charge on any atom is -0.468 e. The summed E-state index contributed by atoms with van der Waals surface area (Å²) in [6.45, 7) is 0.157. The summed E-state index contributed by atoms with van der Waals surface area (Å²) in [5.41, 5.74) is 2.91. The maximum absolute atomic E-state index is 12.1. The van der Waals surface area contributed by atoms with Gasteiger partial charge in [0.05, 0.1) is 14.2 Å². The molecule has 3 aromatic rings. The van der Waals surface area contributed by atoms with Crippen molar-refractivity contribution in [1.29, 1.82) is 0 Å². The molecule has 1 amide bonds. The van der Waals surface area contributed by atoms with Crippen molar-refractivity contribution in [3.05, 3.63) is 65.9 Å². The molecule has 0 unspecified atom stereocenters. The highest BCUT2D eigenvalue weighted by Gasteiger charge is 2.29. The molecule has 2 N–H and O–H groups in total. The molecule has 0 bridgehead atoms. The minimum atomic E-state index is -1.08. The zero-order valence-corrected chi connectivity index (χ0v) is 16.6. The first-order chi connectivity index (χ1) is 14.5. The number of amides is 1. The van der Waals surface area contributed by atoms with Gasteiger partial charge in [-0.1, -0.05) is 30.3 Å². The first-order valence-corrected chi connectivity index (χ1v) is 9.25. The number of aromatic amines is 1. The van der Waals surface area contributed by atoms with Crippen LogP contribution in [0.15, 0.2) is 54.7 Å². The van der Waals surface area contributed by atoms with E-state index in [-0.39, 0.29) is 13.0 Å². The number of carbonyl (C=O) groups is 3. The number of anilines is 1. The second-order valence-corrected chi connectivity index (χ2v) is 6.56. The molecule has 0 radical (unpaired) electrons. The van der Waals surface area contributed by atoms with Gasteiger partial charge in [0.2, 0.25) is 0 Å². The molecule has 8 nitrogen and oxygen atoms in total. The summed E-state index contributed by atoms with van der Waals surface area (Å²) in [7, 11) is 2.44. The highest BCUT2D eigenvalue weighted by Crippen LogP contribution is 2.25. The lowest BCUT2D eigenvalue weighted by Crippen LogP contribution is -2.28. The Morgan fingerprint density at radius 3 is 2.37 bits per heavy atom. The summed E-state index contributed by atoms with van der Waals surface area (Å²) >= 11 is 0. The van der Waals surface area contributed by atoms with Crippen LogP contribution in [0.5, 0.6) is 0 Å². The number of rotatable bonds is 7. The maximum atomic E-state index is 12.1. The number of H-pyrrole nitrogens is 1. The number of ether oxygens (including phenoxy) is 3. The van der Waals surface area contributed by atoms with Gasteiger partial charge in [0.25, 0.3) is 0 Å². The molecule has 156 valence electrons. The highest BCUT2D eigenvalue weighted by atomic mass is 16.6. The largest absolute Gasteiger partial charge is 0.468 e. The molecule has 0 aliphatic carbocycles. The van der Waals surface area contributed by atoms with E-state index in [1.165, 1.54) is 14.2 Å². The molecule has 1 heterocycles. The predicted molar refractivity (Wildman–Crippen MR) is 110 cm³/mol. The molecule has 3 rings (SSSR count). The fraction of sp³-hybridized carbons (Fsp3) is 0.227. The van der Waals surface area contributed by atoms with E-state index in [9.17, 15) is 14.4 Å². The number of aromatic nitrogens is 1.